The molecule has 0 N–H and O–H groups in total. The fourth-order valence-electron chi connectivity index (χ4n) is 2.52. The van der Waals surface area contributed by atoms with Crippen molar-refractivity contribution in [1.82, 2.24) is 9.80 Å². The van der Waals surface area contributed by atoms with E-state index in [0.717, 1.165) is 0 Å². The Balaban J connectivity index is 2.06. The molecule has 136 valence electrons. The Hall–Kier alpha value is -1.56. The highest BCUT2D eigenvalue weighted by Crippen LogP contribution is 2.30. The second-order valence-corrected chi connectivity index (χ2v) is 7.70. The lowest BCUT2D eigenvalue weighted by Gasteiger charge is -2.26. The maximum Gasteiger partial charge on any atom is 0.411 e. The largest absolute Gasteiger partial charge is 0.430 e. The van der Waals surface area contributed by atoms with Gasteiger partial charge in [-0.05, 0) is 41.1 Å². The van der Waals surface area contributed by atoms with Gasteiger partial charge in [-0.25, -0.2) is 4.79 Å². The molecule has 1 fully saturated rings. The summed E-state index contributed by atoms with van der Waals surface area (Å²) in [5, 5.41) is 10.6. The predicted octanol–water partition coefficient (Wildman–Crippen LogP) is 2.63. The molecule has 1 aliphatic heterocycles. The van der Waals surface area contributed by atoms with Gasteiger partial charge in [-0.1, -0.05) is 0 Å². The number of nitro benzene ring substituents is 1. The van der Waals surface area contributed by atoms with Crippen LogP contribution in [-0.4, -0.2) is 58.7 Å². The van der Waals surface area contributed by atoms with E-state index >= 15 is 0 Å². The SMILES string of the molecule is CN(C)C(=O)[C@@H]1C[C@H](S)CN1C(=O)OC(I)c1ccc([N+](=O)[O-])cc1. The van der Waals surface area contributed by atoms with Crippen LogP contribution in [0.3, 0.4) is 0 Å². The first-order chi connectivity index (χ1) is 11.7. The number of carbonyl (C=O) groups is 2. The summed E-state index contributed by atoms with van der Waals surface area (Å²) in [6.07, 6.45) is -0.131. The summed E-state index contributed by atoms with van der Waals surface area (Å²) in [6, 6.07) is 5.19. The normalized spacial score (nSPS) is 20.9. The minimum absolute atomic E-state index is 0.0345. The number of halogens is 1. The lowest BCUT2D eigenvalue weighted by Crippen LogP contribution is -2.45. The summed E-state index contributed by atoms with van der Waals surface area (Å²) in [7, 11) is 3.27. The Morgan fingerprint density at radius 3 is 2.52 bits per heavy atom. The number of thiol groups is 1. The fraction of sp³-hybridized carbons (Fsp3) is 0.467. The number of ether oxygens (including phenoxy) is 1. The van der Waals surface area contributed by atoms with E-state index in [1.165, 1.54) is 34.1 Å². The molecule has 2 rings (SSSR count). The first-order valence-corrected chi connectivity index (χ1v) is 9.21. The number of benzene rings is 1. The van der Waals surface area contributed by atoms with Crippen LogP contribution >= 0.6 is 35.2 Å². The van der Waals surface area contributed by atoms with Gasteiger partial charge < -0.3 is 9.64 Å². The molecule has 0 saturated carbocycles. The molecule has 1 saturated heterocycles. The highest BCUT2D eigenvalue weighted by atomic mass is 127. The van der Waals surface area contributed by atoms with Gasteiger partial charge in [-0.2, -0.15) is 12.6 Å². The Morgan fingerprint density at radius 2 is 2.00 bits per heavy atom. The van der Waals surface area contributed by atoms with Crippen LogP contribution in [0.2, 0.25) is 0 Å². The molecule has 0 spiro atoms. The number of alkyl halides is 1. The lowest BCUT2D eigenvalue weighted by atomic mass is 10.2. The van der Waals surface area contributed by atoms with Gasteiger partial charge in [0.25, 0.3) is 5.69 Å². The molecule has 0 radical (unpaired) electrons. The number of likely N-dealkylation sites (tertiary alicyclic amines) is 1. The van der Waals surface area contributed by atoms with E-state index in [4.69, 9.17) is 4.74 Å². The van der Waals surface area contributed by atoms with Gasteiger partial charge in [0.15, 0.2) is 4.11 Å². The number of carbonyl (C=O) groups excluding carboxylic acids is 2. The summed E-state index contributed by atoms with van der Waals surface area (Å²) < 4.78 is 4.80. The number of hydrogen-bond acceptors (Lipinski definition) is 6. The molecule has 0 bridgehead atoms. The number of amides is 2. The molecule has 1 aromatic carbocycles. The van der Waals surface area contributed by atoms with Crippen LogP contribution in [0.1, 0.15) is 16.1 Å². The number of non-ortho nitro benzene ring substituents is 1. The standard InChI is InChI=1S/C15H18IN3O5S/c1-17(2)14(20)12-7-11(25)8-18(12)15(21)24-13(16)9-3-5-10(6-4-9)19(22)23/h3-6,11-13,25H,7-8H2,1-2H3/t11-,12-,13?/m0/s1. The van der Waals surface area contributed by atoms with Crippen molar-refractivity contribution in [3.05, 3.63) is 39.9 Å². The first kappa shape index (κ1) is 19.8. The summed E-state index contributed by atoms with van der Waals surface area (Å²) in [4.78, 5) is 37.7. The van der Waals surface area contributed by atoms with Crippen LogP contribution in [0.5, 0.6) is 0 Å². The van der Waals surface area contributed by atoms with Gasteiger partial charge in [-0.15, -0.1) is 0 Å². The topological polar surface area (TPSA) is 93.0 Å². The average Bonchev–Trinajstić information content (AvgIpc) is 2.95. The van der Waals surface area contributed by atoms with E-state index in [2.05, 4.69) is 12.6 Å². The van der Waals surface area contributed by atoms with Gasteiger partial charge in [0.05, 0.1) is 4.92 Å². The van der Waals surface area contributed by atoms with Gasteiger partial charge in [-0.3, -0.25) is 19.8 Å². The molecule has 2 amide bonds. The fourth-order valence-corrected chi connectivity index (χ4v) is 3.53. The quantitative estimate of drug-likeness (QED) is 0.236. The Kier molecular flexibility index (Phi) is 6.49. The van der Waals surface area contributed by atoms with Crippen LogP contribution in [0.25, 0.3) is 0 Å². The third-order valence-corrected chi connectivity index (χ3v) is 5.16. The van der Waals surface area contributed by atoms with Crippen LogP contribution in [0.4, 0.5) is 10.5 Å². The Morgan fingerprint density at radius 1 is 1.40 bits per heavy atom. The molecular formula is C15H18IN3O5S. The molecular weight excluding hydrogens is 461 g/mol. The number of nitro groups is 1. The molecule has 1 heterocycles. The van der Waals surface area contributed by atoms with Crippen molar-refractivity contribution in [2.45, 2.75) is 21.8 Å². The summed E-state index contributed by atoms with van der Waals surface area (Å²) in [5.41, 5.74) is 0.587. The van der Waals surface area contributed by atoms with E-state index < -0.39 is 21.2 Å². The maximum atomic E-state index is 12.5. The van der Waals surface area contributed by atoms with Crippen molar-refractivity contribution < 1.29 is 19.2 Å². The maximum absolute atomic E-state index is 12.5. The monoisotopic (exact) mass is 479 g/mol. The molecule has 3 atom stereocenters. The second kappa shape index (κ2) is 8.21. The lowest BCUT2D eigenvalue weighted by molar-refractivity contribution is -0.384. The summed E-state index contributed by atoms with van der Waals surface area (Å²) in [6.45, 7) is 0.329. The third kappa shape index (κ3) is 4.75. The van der Waals surface area contributed by atoms with Crippen molar-refractivity contribution in [2.24, 2.45) is 0 Å². The zero-order chi connectivity index (χ0) is 18.7. The molecule has 8 nitrogen and oxygen atoms in total. The van der Waals surface area contributed by atoms with Crippen molar-refractivity contribution in [3.63, 3.8) is 0 Å². The number of likely N-dealkylation sites (N-methyl/N-ethyl adjacent to an activating group) is 1. The highest BCUT2D eigenvalue weighted by Gasteiger charge is 2.40. The Bertz CT molecular complexity index is 670. The summed E-state index contributed by atoms with van der Waals surface area (Å²) in [5.74, 6) is -0.172. The second-order valence-electron chi connectivity index (χ2n) is 5.84. The minimum atomic E-state index is -0.625. The van der Waals surface area contributed by atoms with E-state index in [-0.39, 0.29) is 16.8 Å². The molecule has 1 aliphatic rings. The van der Waals surface area contributed by atoms with E-state index in [9.17, 15) is 19.7 Å². The van der Waals surface area contributed by atoms with Crippen LogP contribution in [0, 0.1) is 10.1 Å². The van der Waals surface area contributed by atoms with Crippen LogP contribution in [0.15, 0.2) is 24.3 Å². The van der Waals surface area contributed by atoms with Crippen LogP contribution < -0.4 is 0 Å². The van der Waals surface area contributed by atoms with Crippen LogP contribution in [-0.2, 0) is 9.53 Å². The van der Waals surface area contributed by atoms with Gasteiger partial charge in [0.1, 0.15) is 6.04 Å². The molecule has 0 aromatic heterocycles. The molecule has 25 heavy (non-hydrogen) atoms. The highest BCUT2D eigenvalue weighted by molar-refractivity contribution is 14.1. The smallest absolute Gasteiger partial charge is 0.411 e. The zero-order valence-electron chi connectivity index (χ0n) is 13.7. The number of rotatable bonds is 4. The number of nitrogens with zero attached hydrogens (tertiary/aromatic N) is 3. The molecule has 1 aromatic rings. The van der Waals surface area contributed by atoms with E-state index in [1.807, 2.05) is 22.6 Å². The first-order valence-electron chi connectivity index (χ1n) is 7.45. The number of hydrogen-bond donors (Lipinski definition) is 1. The van der Waals surface area contributed by atoms with Crippen molar-refractivity contribution >= 4 is 52.9 Å². The van der Waals surface area contributed by atoms with Crippen molar-refractivity contribution in [3.8, 4) is 0 Å². The molecule has 0 aliphatic carbocycles. The Labute approximate surface area is 164 Å². The minimum Gasteiger partial charge on any atom is -0.430 e. The van der Waals surface area contributed by atoms with Crippen molar-refractivity contribution in [1.29, 1.82) is 0 Å². The van der Waals surface area contributed by atoms with Gasteiger partial charge in [0.2, 0.25) is 5.91 Å². The third-order valence-electron chi connectivity index (χ3n) is 3.81. The zero-order valence-corrected chi connectivity index (χ0v) is 16.7. The average molecular weight is 479 g/mol. The van der Waals surface area contributed by atoms with Gasteiger partial charge in [0, 0.05) is 43.6 Å². The predicted molar refractivity (Wildman–Crippen MR) is 103 cm³/mol. The van der Waals surface area contributed by atoms with E-state index in [0.29, 0.717) is 18.5 Å². The van der Waals surface area contributed by atoms with E-state index in [1.54, 1.807) is 14.1 Å². The van der Waals surface area contributed by atoms with Crippen molar-refractivity contribution in [2.75, 3.05) is 20.6 Å². The molecule has 10 heteroatoms. The van der Waals surface area contributed by atoms with Gasteiger partial charge >= 0.3 is 6.09 Å². The summed E-state index contributed by atoms with van der Waals surface area (Å²) >= 11 is 6.30. The molecule has 1 unspecified atom stereocenters.